The highest BCUT2D eigenvalue weighted by Gasteiger charge is 2.00. The van der Waals surface area contributed by atoms with Crippen molar-refractivity contribution in [2.75, 3.05) is 0 Å². The van der Waals surface area contributed by atoms with Crippen LogP contribution in [-0.2, 0) is 0 Å². The average molecular weight is 180 g/mol. The summed E-state index contributed by atoms with van der Waals surface area (Å²) in [5, 5.41) is 0. The van der Waals surface area contributed by atoms with Gasteiger partial charge in [0.2, 0.25) is 0 Å². The largest absolute Gasteiger partial charge is 0.100 e. The van der Waals surface area contributed by atoms with E-state index in [1.54, 1.807) is 0 Å². The van der Waals surface area contributed by atoms with Crippen molar-refractivity contribution in [2.45, 2.75) is 53.4 Å². The Morgan fingerprint density at radius 3 is 2.31 bits per heavy atom. The molecule has 0 aromatic heterocycles. The van der Waals surface area contributed by atoms with Gasteiger partial charge in [-0.3, -0.25) is 0 Å². The van der Waals surface area contributed by atoms with Gasteiger partial charge in [0, 0.05) is 0 Å². The molecule has 0 aliphatic carbocycles. The van der Waals surface area contributed by atoms with Gasteiger partial charge in [-0.1, -0.05) is 24.1 Å². The maximum Gasteiger partial charge on any atom is -0.0323 e. The number of hydrogen-bond acceptors (Lipinski definition) is 0. The highest BCUT2D eigenvalue weighted by Crippen LogP contribution is 2.16. The molecular weight excluding hydrogens is 156 g/mol. The molecule has 0 nitrogen and oxygen atoms in total. The smallest absolute Gasteiger partial charge is 0.0323 e. The molecule has 1 unspecified atom stereocenters. The monoisotopic (exact) mass is 180 g/mol. The van der Waals surface area contributed by atoms with Gasteiger partial charge in [0.15, 0.2) is 0 Å². The van der Waals surface area contributed by atoms with E-state index in [9.17, 15) is 0 Å². The summed E-state index contributed by atoms with van der Waals surface area (Å²) in [7, 11) is 0. The molecule has 0 heteroatoms. The van der Waals surface area contributed by atoms with Gasteiger partial charge in [-0.2, -0.15) is 0 Å². The summed E-state index contributed by atoms with van der Waals surface area (Å²) in [6, 6.07) is 0. The zero-order valence-electron chi connectivity index (χ0n) is 9.69. The molecule has 0 aromatic carbocycles. The van der Waals surface area contributed by atoms with E-state index < -0.39 is 0 Å². The molecular formula is C13H24. The number of hydrogen-bond donors (Lipinski definition) is 0. The van der Waals surface area contributed by atoms with E-state index >= 15 is 0 Å². The van der Waals surface area contributed by atoms with Crippen LogP contribution in [0.4, 0.5) is 0 Å². The third kappa shape index (κ3) is 9.39. The Balaban J connectivity index is 3.46. The molecule has 13 heavy (non-hydrogen) atoms. The molecule has 76 valence electrons. The quantitative estimate of drug-likeness (QED) is 0.519. The minimum atomic E-state index is 0.840. The summed E-state index contributed by atoms with van der Waals surface area (Å²) in [6.07, 6.45) is 7.37. The minimum Gasteiger partial charge on any atom is -0.100 e. The normalized spacial score (nSPS) is 12.3. The van der Waals surface area contributed by atoms with Gasteiger partial charge in [0.25, 0.3) is 0 Å². The van der Waals surface area contributed by atoms with Gasteiger partial charge in [-0.25, -0.2) is 0 Å². The average Bonchev–Trinajstić information content (AvgIpc) is 2.00. The van der Waals surface area contributed by atoms with Crippen LogP contribution in [0, 0.1) is 5.92 Å². The molecule has 0 saturated heterocycles. The molecule has 0 N–H and O–H groups in total. The van der Waals surface area contributed by atoms with Crippen molar-refractivity contribution in [3.05, 3.63) is 23.8 Å². The van der Waals surface area contributed by atoms with Crippen molar-refractivity contribution in [2.24, 2.45) is 5.92 Å². The first-order valence-corrected chi connectivity index (χ1v) is 5.30. The molecule has 0 heterocycles. The lowest BCUT2D eigenvalue weighted by molar-refractivity contribution is 0.496. The molecule has 0 rings (SSSR count). The van der Waals surface area contributed by atoms with Crippen molar-refractivity contribution < 1.29 is 0 Å². The van der Waals surface area contributed by atoms with Gasteiger partial charge in [-0.05, 0) is 52.4 Å². The highest BCUT2D eigenvalue weighted by atomic mass is 14.1. The summed E-state index contributed by atoms with van der Waals surface area (Å²) in [5.74, 6) is 0.840. The first kappa shape index (κ1) is 12.5. The predicted octanol–water partition coefficient (Wildman–Crippen LogP) is 4.73. The first-order chi connectivity index (χ1) is 6.02. The van der Waals surface area contributed by atoms with Crippen molar-refractivity contribution in [3.8, 4) is 0 Å². The molecule has 0 spiro atoms. The van der Waals surface area contributed by atoms with Crippen LogP contribution in [0.15, 0.2) is 23.8 Å². The minimum absolute atomic E-state index is 0.840. The van der Waals surface area contributed by atoms with E-state index in [2.05, 4.69) is 40.3 Å². The molecule has 0 aromatic rings. The van der Waals surface area contributed by atoms with E-state index in [-0.39, 0.29) is 0 Å². The SMILES string of the molecule is C=C(C)CCC(C)CCC=C(C)C. The van der Waals surface area contributed by atoms with Crippen LogP contribution in [0.2, 0.25) is 0 Å². The van der Waals surface area contributed by atoms with Crippen molar-refractivity contribution in [3.63, 3.8) is 0 Å². The Bertz CT molecular complexity index is 170. The third-order valence-corrected chi connectivity index (χ3v) is 2.28. The molecule has 0 fully saturated rings. The summed E-state index contributed by atoms with van der Waals surface area (Å²) in [4.78, 5) is 0. The Morgan fingerprint density at radius 2 is 1.85 bits per heavy atom. The molecule has 0 saturated carbocycles. The maximum atomic E-state index is 3.92. The molecule has 0 bridgehead atoms. The topological polar surface area (TPSA) is 0 Å². The first-order valence-electron chi connectivity index (χ1n) is 5.30. The van der Waals surface area contributed by atoms with Crippen LogP contribution in [0.5, 0.6) is 0 Å². The van der Waals surface area contributed by atoms with E-state index in [0.717, 1.165) is 5.92 Å². The zero-order chi connectivity index (χ0) is 10.3. The third-order valence-electron chi connectivity index (χ3n) is 2.28. The van der Waals surface area contributed by atoms with Crippen molar-refractivity contribution in [1.29, 1.82) is 0 Å². The Kier molecular flexibility index (Phi) is 6.66. The number of rotatable bonds is 6. The highest BCUT2D eigenvalue weighted by molar-refractivity contribution is 4.93. The van der Waals surface area contributed by atoms with Crippen LogP contribution in [0.1, 0.15) is 53.4 Å². The fourth-order valence-corrected chi connectivity index (χ4v) is 1.29. The fourth-order valence-electron chi connectivity index (χ4n) is 1.29. The van der Waals surface area contributed by atoms with Gasteiger partial charge < -0.3 is 0 Å². The summed E-state index contributed by atoms with van der Waals surface area (Å²) >= 11 is 0. The van der Waals surface area contributed by atoms with Gasteiger partial charge in [0.05, 0.1) is 0 Å². The molecule has 1 atom stereocenters. The van der Waals surface area contributed by atoms with E-state index in [1.807, 2.05) is 0 Å². The van der Waals surface area contributed by atoms with Gasteiger partial charge >= 0.3 is 0 Å². The maximum absolute atomic E-state index is 3.92. The molecule has 0 aliphatic heterocycles. The molecule has 0 radical (unpaired) electrons. The van der Waals surface area contributed by atoms with E-state index in [0.29, 0.717) is 0 Å². The lowest BCUT2D eigenvalue weighted by Crippen LogP contribution is -1.94. The van der Waals surface area contributed by atoms with Gasteiger partial charge in [0.1, 0.15) is 0 Å². The molecule has 0 amide bonds. The van der Waals surface area contributed by atoms with E-state index in [4.69, 9.17) is 0 Å². The van der Waals surface area contributed by atoms with Crippen molar-refractivity contribution in [1.82, 2.24) is 0 Å². The van der Waals surface area contributed by atoms with Crippen molar-refractivity contribution >= 4 is 0 Å². The van der Waals surface area contributed by atoms with E-state index in [1.165, 1.54) is 36.8 Å². The Morgan fingerprint density at radius 1 is 1.23 bits per heavy atom. The Labute approximate surface area is 83.7 Å². The lowest BCUT2D eigenvalue weighted by atomic mass is 9.97. The fraction of sp³-hybridized carbons (Fsp3) is 0.692. The summed E-state index contributed by atoms with van der Waals surface area (Å²) < 4.78 is 0. The summed E-state index contributed by atoms with van der Waals surface area (Å²) in [6.45, 7) is 12.7. The second-order valence-corrected chi connectivity index (χ2v) is 4.46. The Hall–Kier alpha value is -0.520. The van der Waals surface area contributed by atoms with Crippen LogP contribution in [0.25, 0.3) is 0 Å². The zero-order valence-corrected chi connectivity index (χ0v) is 9.69. The molecule has 0 aliphatic rings. The second-order valence-electron chi connectivity index (χ2n) is 4.46. The number of allylic oxidation sites excluding steroid dienone is 3. The van der Waals surface area contributed by atoms with Crippen LogP contribution in [-0.4, -0.2) is 0 Å². The summed E-state index contributed by atoms with van der Waals surface area (Å²) in [5.41, 5.74) is 2.75. The van der Waals surface area contributed by atoms with Crippen LogP contribution in [0.3, 0.4) is 0 Å². The van der Waals surface area contributed by atoms with Crippen LogP contribution >= 0.6 is 0 Å². The van der Waals surface area contributed by atoms with Crippen LogP contribution < -0.4 is 0 Å². The second kappa shape index (κ2) is 6.94. The standard InChI is InChI=1S/C13H24/c1-11(2)7-6-8-13(5)10-9-12(3)4/h7,13H,3,6,8-10H2,1-2,4-5H3. The predicted molar refractivity (Wildman–Crippen MR) is 61.9 cm³/mol. The van der Waals surface area contributed by atoms with Gasteiger partial charge in [-0.15, -0.1) is 6.58 Å². The lowest BCUT2D eigenvalue weighted by Gasteiger charge is -2.09.